The summed E-state index contributed by atoms with van der Waals surface area (Å²) in [5.41, 5.74) is 2.47. The van der Waals surface area contributed by atoms with Crippen molar-refractivity contribution in [3.63, 3.8) is 0 Å². The Labute approximate surface area is 187 Å². The van der Waals surface area contributed by atoms with Crippen LogP contribution in [0, 0.1) is 0 Å². The van der Waals surface area contributed by atoms with E-state index in [4.69, 9.17) is 30.5 Å². The maximum Gasteiger partial charge on any atom is 0.193 e. The molecule has 1 atom stereocenters. The molecule has 1 fully saturated rings. The Balaban J connectivity index is 1.41. The summed E-state index contributed by atoms with van der Waals surface area (Å²) in [6, 6.07) is 9.23. The first kappa shape index (κ1) is 21.7. The molecule has 2 aliphatic rings. The van der Waals surface area contributed by atoms with Gasteiger partial charge in [0.1, 0.15) is 11.9 Å². The average molecular weight is 447 g/mol. The molecule has 8 heteroatoms. The van der Waals surface area contributed by atoms with Crippen molar-refractivity contribution in [1.82, 2.24) is 4.90 Å². The van der Waals surface area contributed by atoms with Crippen LogP contribution in [0.4, 0.5) is 5.69 Å². The highest BCUT2D eigenvalue weighted by molar-refractivity contribution is 6.30. The Morgan fingerprint density at radius 1 is 0.968 bits per heavy atom. The minimum atomic E-state index is -0.488. The Bertz CT molecular complexity index is 959. The second-order valence-corrected chi connectivity index (χ2v) is 8.07. The van der Waals surface area contributed by atoms with Crippen LogP contribution in [0.5, 0.6) is 17.2 Å². The molecule has 1 unspecified atom stereocenters. The molecule has 0 bridgehead atoms. The van der Waals surface area contributed by atoms with Gasteiger partial charge in [-0.1, -0.05) is 11.6 Å². The molecule has 2 aromatic rings. The summed E-state index contributed by atoms with van der Waals surface area (Å²) in [7, 11) is 4.81. The highest BCUT2D eigenvalue weighted by Gasteiger charge is 2.32. The predicted molar refractivity (Wildman–Crippen MR) is 119 cm³/mol. The van der Waals surface area contributed by atoms with Crippen LogP contribution in [0.1, 0.15) is 15.9 Å². The average Bonchev–Trinajstić information content (AvgIpc) is 2.80. The third kappa shape index (κ3) is 4.44. The number of benzene rings is 2. The maximum atomic E-state index is 13.1. The number of ether oxygens (including phenoxy) is 4. The molecular formula is C23H27ClN2O5. The van der Waals surface area contributed by atoms with Crippen LogP contribution in [0.15, 0.2) is 30.3 Å². The summed E-state index contributed by atoms with van der Waals surface area (Å²) in [5, 5.41) is 0.685. The van der Waals surface area contributed by atoms with E-state index in [0.717, 1.165) is 43.2 Å². The molecular weight excluding hydrogens is 420 g/mol. The molecule has 0 N–H and O–H groups in total. The summed E-state index contributed by atoms with van der Waals surface area (Å²) in [5.74, 6) is 1.95. The number of hydrogen-bond acceptors (Lipinski definition) is 7. The highest BCUT2D eigenvalue weighted by atomic mass is 35.5. The molecule has 0 radical (unpaired) electrons. The van der Waals surface area contributed by atoms with Gasteiger partial charge in [-0.25, -0.2) is 0 Å². The summed E-state index contributed by atoms with van der Waals surface area (Å²) in [6.45, 7) is 4.22. The van der Waals surface area contributed by atoms with Crippen molar-refractivity contribution in [1.29, 1.82) is 0 Å². The summed E-state index contributed by atoms with van der Waals surface area (Å²) in [4.78, 5) is 17.6. The van der Waals surface area contributed by atoms with E-state index < -0.39 is 6.10 Å². The van der Waals surface area contributed by atoms with Crippen molar-refractivity contribution >= 4 is 23.1 Å². The monoisotopic (exact) mass is 446 g/mol. The van der Waals surface area contributed by atoms with Crippen LogP contribution >= 0.6 is 11.6 Å². The molecule has 0 amide bonds. The van der Waals surface area contributed by atoms with E-state index in [-0.39, 0.29) is 5.78 Å². The normalized spacial score (nSPS) is 19.2. The van der Waals surface area contributed by atoms with Crippen molar-refractivity contribution < 1.29 is 23.7 Å². The zero-order valence-electron chi connectivity index (χ0n) is 18.0. The number of halogens is 1. The topological polar surface area (TPSA) is 60.5 Å². The lowest BCUT2D eigenvalue weighted by molar-refractivity contribution is 0.00988. The van der Waals surface area contributed by atoms with Gasteiger partial charge in [0, 0.05) is 43.3 Å². The predicted octanol–water partition coefficient (Wildman–Crippen LogP) is 3.27. The molecule has 0 aromatic heterocycles. The first-order valence-electron chi connectivity index (χ1n) is 10.3. The molecule has 2 aliphatic heterocycles. The summed E-state index contributed by atoms with van der Waals surface area (Å²) in [6.07, 6.45) is -0.488. The van der Waals surface area contributed by atoms with Crippen molar-refractivity contribution in [2.75, 3.05) is 59.0 Å². The number of hydrogen-bond donors (Lipinski definition) is 0. The van der Waals surface area contributed by atoms with E-state index in [1.54, 1.807) is 27.4 Å². The van der Waals surface area contributed by atoms with Crippen molar-refractivity contribution in [3.05, 3.63) is 46.5 Å². The molecule has 0 aliphatic carbocycles. The van der Waals surface area contributed by atoms with Crippen LogP contribution in [-0.4, -0.2) is 70.8 Å². The SMILES string of the molecule is COc1cc2c(cc1OC)C(=O)C(CN1CCN(c3cc(Cl)ccc3OC)CC1)OC2. The number of carbonyl (C=O) groups is 1. The third-order valence-electron chi connectivity index (χ3n) is 5.89. The fourth-order valence-electron chi connectivity index (χ4n) is 4.16. The van der Waals surface area contributed by atoms with E-state index in [2.05, 4.69) is 9.80 Å². The van der Waals surface area contributed by atoms with Crippen LogP contribution in [0.3, 0.4) is 0 Å². The van der Waals surface area contributed by atoms with E-state index >= 15 is 0 Å². The van der Waals surface area contributed by atoms with Gasteiger partial charge in [0.15, 0.2) is 17.3 Å². The molecule has 1 saturated heterocycles. The lowest BCUT2D eigenvalue weighted by atomic mass is 9.96. The number of carbonyl (C=O) groups excluding carboxylic acids is 1. The zero-order chi connectivity index (χ0) is 22.0. The Kier molecular flexibility index (Phi) is 6.55. The van der Waals surface area contributed by atoms with E-state index in [1.165, 1.54) is 0 Å². The number of rotatable bonds is 6. The maximum absolute atomic E-state index is 13.1. The van der Waals surface area contributed by atoms with Crippen LogP contribution < -0.4 is 19.1 Å². The molecule has 4 rings (SSSR count). The Hall–Kier alpha value is -2.48. The van der Waals surface area contributed by atoms with Gasteiger partial charge in [-0.05, 0) is 35.9 Å². The second kappa shape index (κ2) is 9.34. The standard InChI is InChI=1S/C23H27ClN2O5/c1-28-19-5-4-16(24)11-18(19)26-8-6-25(7-9-26)13-22-23(27)17-12-21(30-3)20(29-2)10-15(17)14-31-22/h4-5,10-12,22H,6-9,13-14H2,1-3H3. The number of nitrogens with zero attached hydrogens (tertiary/aromatic N) is 2. The third-order valence-corrected chi connectivity index (χ3v) is 6.12. The number of piperazine rings is 1. The van der Waals surface area contributed by atoms with Crippen molar-refractivity contribution in [2.45, 2.75) is 12.7 Å². The molecule has 7 nitrogen and oxygen atoms in total. The zero-order valence-corrected chi connectivity index (χ0v) is 18.8. The van der Waals surface area contributed by atoms with E-state index in [1.807, 2.05) is 24.3 Å². The molecule has 0 spiro atoms. The van der Waals surface area contributed by atoms with Gasteiger partial charge in [0.2, 0.25) is 0 Å². The van der Waals surface area contributed by atoms with E-state index in [9.17, 15) is 4.79 Å². The molecule has 2 heterocycles. The van der Waals surface area contributed by atoms with Gasteiger partial charge >= 0.3 is 0 Å². The van der Waals surface area contributed by atoms with Crippen molar-refractivity contribution in [2.24, 2.45) is 0 Å². The smallest absolute Gasteiger partial charge is 0.193 e. The quantitative estimate of drug-likeness (QED) is 0.674. The first-order valence-corrected chi connectivity index (χ1v) is 10.6. The first-order chi connectivity index (χ1) is 15.0. The minimum Gasteiger partial charge on any atom is -0.495 e. The largest absolute Gasteiger partial charge is 0.495 e. The van der Waals surface area contributed by atoms with Gasteiger partial charge in [-0.15, -0.1) is 0 Å². The van der Waals surface area contributed by atoms with Gasteiger partial charge in [-0.2, -0.15) is 0 Å². The van der Waals surface area contributed by atoms with Gasteiger partial charge in [0.25, 0.3) is 0 Å². The van der Waals surface area contributed by atoms with Gasteiger partial charge < -0.3 is 23.8 Å². The molecule has 31 heavy (non-hydrogen) atoms. The minimum absolute atomic E-state index is 0.0128. The Morgan fingerprint density at radius 3 is 2.32 bits per heavy atom. The Morgan fingerprint density at radius 2 is 1.65 bits per heavy atom. The summed E-state index contributed by atoms with van der Waals surface area (Å²) >= 11 is 6.19. The van der Waals surface area contributed by atoms with Crippen LogP contribution in [-0.2, 0) is 11.3 Å². The molecule has 166 valence electrons. The van der Waals surface area contributed by atoms with Crippen LogP contribution in [0.2, 0.25) is 5.02 Å². The van der Waals surface area contributed by atoms with Crippen molar-refractivity contribution in [3.8, 4) is 17.2 Å². The lowest BCUT2D eigenvalue weighted by Gasteiger charge is -2.38. The number of Topliss-reactive ketones (excluding diaryl/α,β-unsaturated/α-hetero) is 1. The van der Waals surface area contributed by atoms with Gasteiger partial charge in [0.05, 0.1) is 33.6 Å². The molecule has 2 aromatic carbocycles. The lowest BCUT2D eigenvalue weighted by Crippen LogP contribution is -2.50. The van der Waals surface area contributed by atoms with Crippen LogP contribution in [0.25, 0.3) is 0 Å². The fourth-order valence-corrected chi connectivity index (χ4v) is 4.33. The number of methoxy groups -OCH3 is 3. The number of ketones is 1. The number of fused-ring (bicyclic) bond motifs is 1. The molecule has 0 saturated carbocycles. The van der Waals surface area contributed by atoms with E-state index in [0.29, 0.717) is 35.2 Å². The fraction of sp³-hybridized carbons (Fsp3) is 0.435. The highest BCUT2D eigenvalue weighted by Crippen LogP contribution is 2.35. The number of anilines is 1. The van der Waals surface area contributed by atoms with Gasteiger partial charge in [-0.3, -0.25) is 9.69 Å². The summed E-state index contributed by atoms with van der Waals surface area (Å²) < 4.78 is 22.1. The second-order valence-electron chi connectivity index (χ2n) is 7.63.